The predicted molar refractivity (Wildman–Crippen MR) is 98.8 cm³/mol. The maximum atomic E-state index is 12.7. The lowest BCUT2D eigenvalue weighted by Gasteiger charge is -2.26. The first-order chi connectivity index (χ1) is 11.4. The second-order valence-electron chi connectivity index (χ2n) is 6.23. The fourth-order valence-corrected chi connectivity index (χ4v) is 6.54. The molecule has 2 aliphatic rings. The summed E-state index contributed by atoms with van der Waals surface area (Å²) in [5, 5.41) is 3.26. The maximum Gasteiger partial charge on any atom is 0.240 e. The fourth-order valence-electron chi connectivity index (χ4n) is 3.49. The predicted octanol–water partition coefficient (Wildman–Crippen LogP) is 0.543. The Balaban J connectivity index is 0.00000225. The van der Waals surface area contributed by atoms with Crippen molar-refractivity contribution in [3.8, 4) is 0 Å². The van der Waals surface area contributed by atoms with Crippen LogP contribution >= 0.6 is 12.4 Å². The van der Waals surface area contributed by atoms with Gasteiger partial charge in [-0.1, -0.05) is 18.2 Å². The van der Waals surface area contributed by atoms with Crippen LogP contribution in [0, 0.1) is 0 Å². The van der Waals surface area contributed by atoms with Gasteiger partial charge in [-0.25, -0.2) is 21.6 Å². The monoisotopic (exact) mass is 409 g/mol. The quantitative estimate of drug-likeness (QED) is 0.715. The van der Waals surface area contributed by atoms with Gasteiger partial charge in [0.15, 0.2) is 0 Å². The lowest BCUT2D eigenvalue weighted by atomic mass is 10.1. The van der Waals surface area contributed by atoms with Crippen LogP contribution in [0.5, 0.6) is 0 Å². The number of benzene rings is 1. The van der Waals surface area contributed by atoms with E-state index < -0.39 is 20.0 Å². The number of halogens is 1. The first-order valence-corrected chi connectivity index (χ1v) is 11.3. The van der Waals surface area contributed by atoms with Crippen molar-refractivity contribution >= 4 is 32.5 Å². The summed E-state index contributed by atoms with van der Waals surface area (Å²) in [7, 11) is -7.16. The van der Waals surface area contributed by atoms with Gasteiger partial charge in [-0.2, -0.15) is 4.31 Å². The molecule has 2 unspecified atom stereocenters. The number of rotatable bonds is 6. The minimum absolute atomic E-state index is 0. The maximum absolute atomic E-state index is 12.7. The van der Waals surface area contributed by atoms with Crippen molar-refractivity contribution in [2.75, 3.05) is 25.4 Å². The largest absolute Gasteiger partial charge is 0.315 e. The zero-order valence-corrected chi connectivity index (χ0v) is 16.2. The summed E-state index contributed by atoms with van der Waals surface area (Å²) >= 11 is 0. The highest BCUT2D eigenvalue weighted by atomic mass is 35.5. The fraction of sp³-hybridized carbons (Fsp3) is 0.600. The summed E-state index contributed by atoms with van der Waals surface area (Å²) in [5.41, 5.74) is 0. The Morgan fingerprint density at radius 3 is 2.44 bits per heavy atom. The van der Waals surface area contributed by atoms with Crippen molar-refractivity contribution in [2.24, 2.45) is 0 Å². The molecule has 7 nitrogen and oxygen atoms in total. The minimum Gasteiger partial charge on any atom is -0.315 e. The molecule has 3 rings (SSSR count). The van der Waals surface area contributed by atoms with Crippen molar-refractivity contribution in [3.05, 3.63) is 30.3 Å². The van der Waals surface area contributed by atoms with E-state index in [0.29, 0.717) is 6.54 Å². The van der Waals surface area contributed by atoms with E-state index in [-0.39, 0.29) is 41.7 Å². The molecule has 2 heterocycles. The molecule has 0 aromatic heterocycles. The van der Waals surface area contributed by atoms with Crippen molar-refractivity contribution in [1.29, 1.82) is 0 Å². The molecule has 2 fully saturated rings. The first kappa shape index (κ1) is 20.6. The molecule has 142 valence electrons. The van der Waals surface area contributed by atoms with Gasteiger partial charge < -0.3 is 5.32 Å². The van der Waals surface area contributed by atoms with E-state index in [4.69, 9.17) is 0 Å². The Morgan fingerprint density at radius 2 is 1.72 bits per heavy atom. The number of sulfonamides is 2. The van der Waals surface area contributed by atoms with Crippen LogP contribution in [0.15, 0.2) is 35.2 Å². The summed E-state index contributed by atoms with van der Waals surface area (Å²) in [6.07, 6.45) is 2.57. The Labute approximate surface area is 155 Å². The lowest BCUT2D eigenvalue weighted by molar-refractivity contribution is 0.334. The molecule has 2 atom stereocenters. The lowest BCUT2D eigenvalue weighted by Crippen LogP contribution is -2.45. The second kappa shape index (κ2) is 8.32. The Morgan fingerprint density at radius 1 is 1.04 bits per heavy atom. The number of hydrogen-bond donors (Lipinski definition) is 2. The van der Waals surface area contributed by atoms with Crippen molar-refractivity contribution in [3.63, 3.8) is 0 Å². The average Bonchev–Trinajstić information content (AvgIpc) is 2.81. The van der Waals surface area contributed by atoms with E-state index >= 15 is 0 Å². The molecule has 0 amide bonds. The van der Waals surface area contributed by atoms with Crippen LogP contribution in [0.4, 0.5) is 0 Å². The highest BCUT2D eigenvalue weighted by Crippen LogP contribution is 2.30. The minimum atomic E-state index is -3.68. The zero-order valence-electron chi connectivity index (χ0n) is 13.8. The molecule has 2 saturated heterocycles. The SMILES string of the molecule is Cl.O=S(=O)(NCCS(=O)(=O)N1C2CCNCC1CC2)c1ccccc1. The third kappa shape index (κ3) is 4.72. The molecule has 2 N–H and O–H groups in total. The second-order valence-corrected chi connectivity index (χ2v) is 10.00. The van der Waals surface area contributed by atoms with Crippen LogP contribution < -0.4 is 10.0 Å². The Hall–Kier alpha value is -0.710. The molecular weight excluding hydrogens is 386 g/mol. The number of nitrogens with zero attached hydrogens (tertiary/aromatic N) is 1. The number of hydrogen-bond acceptors (Lipinski definition) is 5. The van der Waals surface area contributed by atoms with Gasteiger partial charge in [-0.15, -0.1) is 12.4 Å². The van der Waals surface area contributed by atoms with Crippen LogP contribution in [0.2, 0.25) is 0 Å². The molecule has 25 heavy (non-hydrogen) atoms. The highest BCUT2D eigenvalue weighted by molar-refractivity contribution is 7.90. The summed E-state index contributed by atoms with van der Waals surface area (Å²) < 4.78 is 53.7. The molecule has 0 spiro atoms. The van der Waals surface area contributed by atoms with Gasteiger partial charge in [0.1, 0.15) is 0 Å². The molecule has 1 aromatic carbocycles. The molecule has 2 aliphatic heterocycles. The van der Waals surface area contributed by atoms with Crippen LogP contribution in [-0.2, 0) is 20.0 Å². The molecule has 0 aliphatic carbocycles. The van der Waals surface area contributed by atoms with E-state index in [1.54, 1.807) is 22.5 Å². The van der Waals surface area contributed by atoms with Gasteiger partial charge in [-0.3, -0.25) is 0 Å². The summed E-state index contributed by atoms with van der Waals surface area (Å²) in [4.78, 5) is 0.140. The van der Waals surface area contributed by atoms with E-state index in [0.717, 1.165) is 25.8 Å². The van der Waals surface area contributed by atoms with Crippen molar-refractivity contribution < 1.29 is 16.8 Å². The molecule has 10 heteroatoms. The van der Waals surface area contributed by atoms with Gasteiger partial charge in [0.2, 0.25) is 20.0 Å². The third-order valence-corrected chi connectivity index (χ3v) is 8.05. The third-order valence-electron chi connectivity index (χ3n) is 4.61. The van der Waals surface area contributed by atoms with Gasteiger partial charge in [0, 0.05) is 25.2 Å². The van der Waals surface area contributed by atoms with E-state index in [1.165, 1.54) is 12.1 Å². The summed E-state index contributed by atoms with van der Waals surface area (Å²) in [5.74, 6) is -0.216. The summed E-state index contributed by atoms with van der Waals surface area (Å²) in [6, 6.07) is 8.00. The summed E-state index contributed by atoms with van der Waals surface area (Å²) in [6.45, 7) is 1.38. The van der Waals surface area contributed by atoms with Gasteiger partial charge in [-0.05, 0) is 37.9 Å². The van der Waals surface area contributed by atoms with Crippen LogP contribution in [-0.4, -0.2) is 58.6 Å². The topological polar surface area (TPSA) is 95.6 Å². The highest BCUT2D eigenvalue weighted by Gasteiger charge is 2.41. The van der Waals surface area contributed by atoms with Crippen LogP contribution in [0.3, 0.4) is 0 Å². The molecule has 2 bridgehead atoms. The molecule has 0 radical (unpaired) electrons. The van der Waals surface area contributed by atoms with Gasteiger partial charge in [0.25, 0.3) is 0 Å². The van der Waals surface area contributed by atoms with Crippen LogP contribution in [0.25, 0.3) is 0 Å². The normalized spacial score (nSPS) is 24.5. The zero-order chi connectivity index (χ0) is 17.2. The Kier molecular flexibility index (Phi) is 6.86. The smallest absolute Gasteiger partial charge is 0.240 e. The van der Waals surface area contributed by atoms with Crippen molar-refractivity contribution in [1.82, 2.24) is 14.3 Å². The van der Waals surface area contributed by atoms with Gasteiger partial charge >= 0.3 is 0 Å². The molecular formula is C15H24ClN3O4S2. The molecule has 1 aromatic rings. The number of nitrogens with one attached hydrogen (secondary N) is 2. The van der Waals surface area contributed by atoms with Crippen LogP contribution in [0.1, 0.15) is 19.3 Å². The van der Waals surface area contributed by atoms with E-state index in [2.05, 4.69) is 10.0 Å². The Bertz CT molecular complexity index is 757. The first-order valence-electron chi connectivity index (χ1n) is 8.17. The van der Waals surface area contributed by atoms with Gasteiger partial charge in [0.05, 0.1) is 10.6 Å². The average molecular weight is 410 g/mol. The number of fused-ring (bicyclic) bond motifs is 2. The van der Waals surface area contributed by atoms with E-state index in [9.17, 15) is 16.8 Å². The van der Waals surface area contributed by atoms with E-state index in [1.807, 2.05) is 0 Å². The standard InChI is InChI=1S/C15H23N3O4S2.ClH/c19-23(20,18-13-6-7-14(18)12-16-9-8-13)11-10-17-24(21,22)15-4-2-1-3-5-15;/h1-5,13-14,16-17H,6-12H2;1H. The van der Waals surface area contributed by atoms with Crippen molar-refractivity contribution in [2.45, 2.75) is 36.2 Å². The molecule has 0 saturated carbocycles.